The Morgan fingerprint density at radius 2 is 1.21 bits per heavy atom. The molecule has 152 valence electrons. The lowest BCUT2D eigenvalue weighted by atomic mass is 9.88. The Balaban J connectivity index is 1.60. The fraction of sp³-hybridized carbons (Fsp3) is 0.333. The maximum Gasteiger partial charge on any atom is 0.461 e. The summed E-state index contributed by atoms with van der Waals surface area (Å²) in [5.41, 5.74) is 0. The van der Waals surface area contributed by atoms with Gasteiger partial charge in [0, 0.05) is 12.8 Å². The van der Waals surface area contributed by atoms with Crippen LogP contribution in [-0.2, 0) is 0 Å². The number of halogens is 7. The van der Waals surface area contributed by atoms with E-state index in [4.69, 9.17) is 9.47 Å². The average molecular weight is 410 g/mol. The van der Waals surface area contributed by atoms with Gasteiger partial charge in [-0.15, -0.1) is 0 Å². The fourth-order valence-corrected chi connectivity index (χ4v) is 2.31. The van der Waals surface area contributed by atoms with E-state index in [9.17, 15) is 30.7 Å². The van der Waals surface area contributed by atoms with Crippen LogP contribution in [-0.4, -0.2) is 24.3 Å². The minimum absolute atomic E-state index is 0.118. The average Bonchev–Trinajstić information content (AvgIpc) is 2.63. The van der Waals surface area contributed by atoms with E-state index in [1.807, 2.05) is 0 Å². The third-order valence-corrected chi connectivity index (χ3v) is 3.98. The third-order valence-electron chi connectivity index (χ3n) is 3.98. The van der Waals surface area contributed by atoms with Crippen LogP contribution in [0.15, 0.2) is 48.5 Å². The van der Waals surface area contributed by atoms with Crippen LogP contribution >= 0.6 is 0 Å². The number of hydrogen-bond acceptors (Lipinski definition) is 3. The molecule has 1 fully saturated rings. The molecule has 3 rings (SSSR count). The van der Waals surface area contributed by atoms with Gasteiger partial charge in [-0.1, -0.05) is 0 Å². The topological polar surface area (TPSA) is 27.7 Å². The predicted molar refractivity (Wildman–Crippen MR) is 83.2 cm³/mol. The maximum atomic E-state index is 13.9. The van der Waals surface area contributed by atoms with Gasteiger partial charge in [0.25, 0.3) is 0 Å². The van der Waals surface area contributed by atoms with E-state index in [0.717, 1.165) is 12.1 Å². The summed E-state index contributed by atoms with van der Waals surface area (Å²) in [7, 11) is 0. The van der Waals surface area contributed by atoms with Gasteiger partial charge in [0.05, 0.1) is 0 Å². The van der Waals surface area contributed by atoms with E-state index in [1.165, 1.54) is 36.4 Å². The first kappa shape index (κ1) is 20.1. The lowest BCUT2D eigenvalue weighted by Crippen LogP contribution is -2.57. The van der Waals surface area contributed by atoms with E-state index in [0.29, 0.717) is 0 Å². The Morgan fingerprint density at radius 1 is 0.750 bits per heavy atom. The van der Waals surface area contributed by atoms with Gasteiger partial charge in [0.1, 0.15) is 23.0 Å². The number of rotatable bonds is 7. The largest absolute Gasteiger partial charge is 0.461 e. The molecule has 1 atom stereocenters. The number of alkyl halides is 7. The lowest BCUT2D eigenvalue weighted by molar-refractivity contribution is -0.299. The molecule has 28 heavy (non-hydrogen) atoms. The van der Waals surface area contributed by atoms with E-state index >= 15 is 0 Å². The Morgan fingerprint density at radius 3 is 1.61 bits per heavy atom. The summed E-state index contributed by atoms with van der Waals surface area (Å²) in [6.45, 7) is 0. The van der Waals surface area contributed by atoms with Crippen LogP contribution in [0.5, 0.6) is 23.0 Å². The van der Waals surface area contributed by atoms with E-state index in [1.54, 1.807) is 0 Å². The second-order valence-corrected chi connectivity index (χ2v) is 6.04. The summed E-state index contributed by atoms with van der Waals surface area (Å²) in [6, 6.07) is 9.52. The summed E-state index contributed by atoms with van der Waals surface area (Å²) >= 11 is 0. The predicted octanol–water partition coefficient (Wildman–Crippen LogP) is 6.19. The first-order valence-corrected chi connectivity index (χ1v) is 7.99. The number of benzene rings is 2. The quantitative estimate of drug-likeness (QED) is 0.510. The standard InChI is InChI=1S/C18H13F7O3/c19-15(20)18(24,25)28-14-7-3-12(4-8-14)26-11-1-5-13(6-2-11)27-17(23)10-9-16(17,21)22/h1-8,15H,9-10H2. The molecule has 2 aromatic rings. The molecule has 1 aliphatic rings. The van der Waals surface area contributed by atoms with Crippen LogP contribution in [0.25, 0.3) is 0 Å². The molecular weight excluding hydrogens is 397 g/mol. The highest BCUT2D eigenvalue weighted by atomic mass is 19.3. The van der Waals surface area contributed by atoms with Gasteiger partial charge in [-0.25, -0.2) is 0 Å². The van der Waals surface area contributed by atoms with Gasteiger partial charge in [-0.2, -0.15) is 30.7 Å². The summed E-state index contributed by atoms with van der Waals surface area (Å²) in [4.78, 5) is 0. The molecule has 3 nitrogen and oxygen atoms in total. The normalized spacial score (nSPS) is 21.1. The molecule has 0 spiro atoms. The molecule has 1 saturated carbocycles. The van der Waals surface area contributed by atoms with Gasteiger partial charge in [-0.3, -0.25) is 0 Å². The van der Waals surface area contributed by atoms with Crippen molar-refractivity contribution in [3.05, 3.63) is 48.5 Å². The molecule has 0 heterocycles. The molecule has 1 aliphatic carbocycles. The SMILES string of the molecule is FC(F)C(F)(F)Oc1ccc(Oc2ccc(OC3(F)CCC3(F)F)cc2)cc1. The van der Waals surface area contributed by atoms with Crippen molar-refractivity contribution in [2.45, 2.75) is 37.2 Å². The van der Waals surface area contributed by atoms with Crippen molar-refractivity contribution in [1.82, 2.24) is 0 Å². The highest BCUT2D eigenvalue weighted by Crippen LogP contribution is 2.50. The zero-order chi connectivity index (χ0) is 20.6. The first-order valence-electron chi connectivity index (χ1n) is 7.99. The highest BCUT2D eigenvalue weighted by molar-refractivity contribution is 5.38. The molecule has 0 bridgehead atoms. The Hall–Kier alpha value is -2.65. The molecule has 2 aromatic carbocycles. The Labute approximate surface area is 154 Å². The molecule has 0 radical (unpaired) electrons. The third kappa shape index (κ3) is 4.10. The fourth-order valence-electron chi connectivity index (χ4n) is 2.31. The van der Waals surface area contributed by atoms with Crippen LogP contribution in [0.4, 0.5) is 30.7 Å². The molecule has 1 unspecified atom stereocenters. The van der Waals surface area contributed by atoms with Crippen molar-refractivity contribution >= 4 is 0 Å². The molecule has 0 aliphatic heterocycles. The van der Waals surface area contributed by atoms with Crippen molar-refractivity contribution in [1.29, 1.82) is 0 Å². The number of ether oxygens (including phenoxy) is 3. The zero-order valence-corrected chi connectivity index (χ0v) is 14.0. The van der Waals surface area contributed by atoms with E-state index in [-0.39, 0.29) is 17.2 Å². The summed E-state index contributed by atoms with van der Waals surface area (Å²) in [5, 5.41) is 0. The van der Waals surface area contributed by atoms with Gasteiger partial charge in [0.15, 0.2) is 0 Å². The maximum absolute atomic E-state index is 13.9. The monoisotopic (exact) mass is 410 g/mol. The van der Waals surface area contributed by atoms with Crippen LogP contribution in [0.1, 0.15) is 12.8 Å². The molecule has 10 heteroatoms. The molecule has 0 saturated heterocycles. The van der Waals surface area contributed by atoms with E-state index < -0.39 is 42.9 Å². The summed E-state index contributed by atoms with van der Waals surface area (Å²) < 4.78 is 104. The van der Waals surface area contributed by atoms with E-state index in [2.05, 4.69) is 4.74 Å². The summed E-state index contributed by atoms with van der Waals surface area (Å²) in [6.07, 6.45) is -9.61. The lowest BCUT2D eigenvalue weighted by Gasteiger charge is -2.41. The smallest absolute Gasteiger partial charge is 0.457 e. The van der Waals surface area contributed by atoms with Crippen LogP contribution in [0.3, 0.4) is 0 Å². The van der Waals surface area contributed by atoms with Crippen LogP contribution in [0.2, 0.25) is 0 Å². The zero-order valence-electron chi connectivity index (χ0n) is 14.0. The summed E-state index contributed by atoms with van der Waals surface area (Å²) in [5.74, 6) is -6.82. The molecule has 0 aromatic heterocycles. The number of hydrogen-bond donors (Lipinski definition) is 0. The van der Waals surface area contributed by atoms with Gasteiger partial charge >= 0.3 is 24.3 Å². The minimum Gasteiger partial charge on any atom is -0.457 e. The minimum atomic E-state index is -4.62. The van der Waals surface area contributed by atoms with Crippen molar-refractivity contribution in [2.75, 3.05) is 0 Å². The Kier molecular flexibility index (Phi) is 5.07. The highest BCUT2D eigenvalue weighted by Gasteiger charge is 2.65. The molecular formula is C18H13F7O3. The van der Waals surface area contributed by atoms with Crippen molar-refractivity contribution in [2.24, 2.45) is 0 Å². The van der Waals surface area contributed by atoms with Crippen LogP contribution in [0, 0.1) is 0 Å². The van der Waals surface area contributed by atoms with Gasteiger partial charge in [0.2, 0.25) is 0 Å². The van der Waals surface area contributed by atoms with Crippen molar-refractivity contribution in [3.8, 4) is 23.0 Å². The van der Waals surface area contributed by atoms with Gasteiger partial charge in [-0.05, 0) is 48.5 Å². The second kappa shape index (κ2) is 7.06. The molecule has 0 amide bonds. The molecule has 0 N–H and O–H groups in total. The van der Waals surface area contributed by atoms with Crippen molar-refractivity contribution < 1.29 is 44.9 Å². The van der Waals surface area contributed by atoms with Crippen LogP contribution < -0.4 is 14.2 Å². The van der Waals surface area contributed by atoms with Gasteiger partial charge < -0.3 is 14.2 Å². The van der Waals surface area contributed by atoms with Crippen molar-refractivity contribution in [3.63, 3.8) is 0 Å². The first-order chi connectivity index (χ1) is 13.0. The Bertz CT molecular complexity index is 809. The second-order valence-electron chi connectivity index (χ2n) is 6.04.